The molecule has 0 spiro atoms. The minimum absolute atomic E-state index is 0.843. The largest absolute Gasteiger partial charge is 0.340 e. The van der Waals surface area contributed by atoms with E-state index in [-0.39, 0.29) is 0 Å². The van der Waals surface area contributed by atoms with Crippen molar-refractivity contribution in [2.45, 2.75) is 6.92 Å². The lowest BCUT2D eigenvalue weighted by Crippen LogP contribution is -1.96. The Balaban J connectivity index is 2.10. The summed E-state index contributed by atoms with van der Waals surface area (Å²) in [5, 5.41) is 4.37. The van der Waals surface area contributed by atoms with Gasteiger partial charge in [0.2, 0.25) is 0 Å². The highest BCUT2D eigenvalue weighted by Gasteiger charge is 2.04. The monoisotopic (exact) mass is 235 g/mol. The van der Waals surface area contributed by atoms with Crippen molar-refractivity contribution < 1.29 is 0 Å². The molecule has 2 aromatic carbocycles. The smallest absolute Gasteiger partial charge is 0.141 e. The highest BCUT2D eigenvalue weighted by molar-refractivity contribution is 5.92. The third kappa shape index (κ3) is 1.91. The second kappa shape index (κ2) is 4.45. The van der Waals surface area contributed by atoms with Crippen LogP contribution in [0.4, 0.5) is 11.5 Å². The lowest BCUT2D eigenvalue weighted by Gasteiger charge is -2.08. The zero-order valence-corrected chi connectivity index (χ0v) is 10.1. The molecule has 3 aromatic rings. The van der Waals surface area contributed by atoms with Gasteiger partial charge in [0.05, 0.1) is 5.52 Å². The summed E-state index contributed by atoms with van der Waals surface area (Å²) in [6, 6.07) is 16.1. The van der Waals surface area contributed by atoms with Crippen LogP contribution in [0.3, 0.4) is 0 Å². The fourth-order valence-electron chi connectivity index (χ4n) is 1.99. The van der Waals surface area contributed by atoms with Gasteiger partial charge in [-0.3, -0.25) is 0 Å². The van der Waals surface area contributed by atoms with E-state index in [1.165, 1.54) is 0 Å². The molecule has 3 rings (SSSR count). The van der Waals surface area contributed by atoms with Crippen molar-refractivity contribution in [3.8, 4) is 0 Å². The highest BCUT2D eigenvalue weighted by Crippen LogP contribution is 2.24. The van der Waals surface area contributed by atoms with E-state index in [1.54, 1.807) is 6.33 Å². The topological polar surface area (TPSA) is 37.8 Å². The fourth-order valence-corrected chi connectivity index (χ4v) is 1.99. The second-order valence-electron chi connectivity index (χ2n) is 4.18. The van der Waals surface area contributed by atoms with E-state index in [0.717, 1.165) is 28.0 Å². The van der Waals surface area contributed by atoms with Crippen molar-refractivity contribution >= 4 is 22.4 Å². The van der Waals surface area contributed by atoms with Gasteiger partial charge in [0.1, 0.15) is 12.1 Å². The fraction of sp³-hybridized carbons (Fsp3) is 0.0667. The van der Waals surface area contributed by atoms with Crippen LogP contribution in [0.15, 0.2) is 54.9 Å². The van der Waals surface area contributed by atoms with Crippen LogP contribution in [-0.4, -0.2) is 9.97 Å². The minimum atomic E-state index is 0.843. The summed E-state index contributed by atoms with van der Waals surface area (Å²) in [6.07, 6.45) is 1.60. The van der Waals surface area contributed by atoms with Gasteiger partial charge in [-0.2, -0.15) is 0 Å². The molecule has 3 heteroatoms. The molecule has 0 aliphatic heterocycles. The maximum Gasteiger partial charge on any atom is 0.141 e. The third-order valence-corrected chi connectivity index (χ3v) is 2.90. The number of para-hydroxylation sites is 2. The van der Waals surface area contributed by atoms with Crippen molar-refractivity contribution in [1.29, 1.82) is 0 Å². The van der Waals surface area contributed by atoms with Gasteiger partial charge in [-0.25, -0.2) is 9.97 Å². The van der Waals surface area contributed by atoms with Crippen molar-refractivity contribution in [2.75, 3.05) is 5.32 Å². The lowest BCUT2D eigenvalue weighted by molar-refractivity contribution is 1.21. The highest BCUT2D eigenvalue weighted by atomic mass is 15.0. The first-order valence-corrected chi connectivity index (χ1v) is 5.87. The SMILES string of the molecule is Cc1cccc2c(Nc3ccccc3)ncnc12. The number of hydrogen-bond donors (Lipinski definition) is 1. The number of benzene rings is 2. The third-order valence-electron chi connectivity index (χ3n) is 2.90. The van der Waals surface area contributed by atoms with Crippen LogP contribution in [0.25, 0.3) is 10.9 Å². The van der Waals surface area contributed by atoms with Gasteiger partial charge in [0.25, 0.3) is 0 Å². The van der Waals surface area contributed by atoms with E-state index >= 15 is 0 Å². The van der Waals surface area contributed by atoms with Crippen LogP contribution in [0.5, 0.6) is 0 Å². The van der Waals surface area contributed by atoms with Crippen LogP contribution in [0.1, 0.15) is 5.56 Å². The number of nitrogens with zero attached hydrogens (tertiary/aromatic N) is 2. The molecule has 0 aliphatic rings. The summed E-state index contributed by atoms with van der Waals surface area (Å²) in [7, 11) is 0. The molecule has 1 heterocycles. The normalized spacial score (nSPS) is 10.5. The molecule has 1 N–H and O–H groups in total. The quantitative estimate of drug-likeness (QED) is 0.736. The minimum Gasteiger partial charge on any atom is -0.340 e. The number of aromatic nitrogens is 2. The van der Waals surface area contributed by atoms with Gasteiger partial charge in [0.15, 0.2) is 0 Å². The van der Waals surface area contributed by atoms with Crippen LogP contribution in [0.2, 0.25) is 0 Å². The zero-order valence-electron chi connectivity index (χ0n) is 10.1. The molecule has 88 valence electrons. The van der Waals surface area contributed by atoms with Gasteiger partial charge < -0.3 is 5.32 Å². The Kier molecular flexibility index (Phi) is 2.65. The summed E-state index contributed by atoms with van der Waals surface area (Å²) in [5.74, 6) is 0.843. The first-order valence-electron chi connectivity index (χ1n) is 5.87. The number of nitrogens with one attached hydrogen (secondary N) is 1. The van der Waals surface area contributed by atoms with E-state index < -0.39 is 0 Å². The number of aryl methyl sites for hydroxylation is 1. The predicted molar refractivity (Wildman–Crippen MR) is 74.0 cm³/mol. The summed E-state index contributed by atoms with van der Waals surface area (Å²) < 4.78 is 0. The summed E-state index contributed by atoms with van der Waals surface area (Å²) in [6.45, 7) is 2.06. The van der Waals surface area contributed by atoms with Gasteiger partial charge in [-0.05, 0) is 30.7 Å². The summed E-state index contributed by atoms with van der Waals surface area (Å²) >= 11 is 0. The first-order chi connectivity index (χ1) is 8.84. The Bertz CT molecular complexity index is 678. The Labute approximate surface area is 106 Å². The van der Waals surface area contributed by atoms with Crippen molar-refractivity contribution in [1.82, 2.24) is 9.97 Å². The van der Waals surface area contributed by atoms with Crippen molar-refractivity contribution in [3.05, 3.63) is 60.4 Å². The van der Waals surface area contributed by atoms with Crippen molar-refractivity contribution in [3.63, 3.8) is 0 Å². The molecular weight excluding hydrogens is 222 g/mol. The molecule has 0 saturated carbocycles. The maximum absolute atomic E-state index is 4.33. The Morgan fingerprint density at radius 3 is 2.56 bits per heavy atom. The molecule has 0 amide bonds. The zero-order chi connectivity index (χ0) is 12.4. The molecule has 1 aromatic heterocycles. The van der Waals surface area contributed by atoms with E-state index in [4.69, 9.17) is 0 Å². The first kappa shape index (κ1) is 10.7. The Morgan fingerprint density at radius 2 is 1.72 bits per heavy atom. The van der Waals surface area contributed by atoms with Crippen molar-refractivity contribution in [2.24, 2.45) is 0 Å². The van der Waals surface area contributed by atoms with Crippen LogP contribution in [0, 0.1) is 6.92 Å². The van der Waals surface area contributed by atoms with Gasteiger partial charge >= 0.3 is 0 Å². The summed E-state index contributed by atoms with van der Waals surface area (Å²) in [5.41, 5.74) is 3.18. The van der Waals surface area contributed by atoms with Crippen LogP contribution < -0.4 is 5.32 Å². The number of hydrogen-bond acceptors (Lipinski definition) is 3. The predicted octanol–water partition coefficient (Wildman–Crippen LogP) is 3.68. The standard InChI is InChI=1S/C15H13N3/c1-11-6-5-9-13-14(11)16-10-17-15(13)18-12-7-3-2-4-8-12/h2-10H,1H3,(H,16,17,18). The lowest BCUT2D eigenvalue weighted by atomic mass is 10.1. The maximum atomic E-state index is 4.33. The Morgan fingerprint density at radius 1 is 0.889 bits per heavy atom. The molecule has 0 radical (unpaired) electrons. The number of fused-ring (bicyclic) bond motifs is 1. The van der Waals surface area contributed by atoms with Crippen LogP contribution >= 0.6 is 0 Å². The average molecular weight is 235 g/mol. The van der Waals surface area contributed by atoms with Crippen LogP contribution in [-0.2, 0) is 0 Å². The van der Waals surface area contributed by atoms with Gasteiger partial charge in [0, 0.05) is 11.1 Å². The molecule has 0 atom stereocenters. The molecule has 3 nitrogen and oxygen atoms in total. The molecule has 0 unspecified atom stereocenters. The molecule has 0 fully saturated rings. The van der Waals surface area contributed by atoms with E-state index in [2.05, 4.69) is 28.3 Å². The molecule has 0 aliphatic carbocycles. The second-order valence-corrected chi connectivity index (χ2v) is 4.18. The average Bonchev–Trinajstić information content (AvgIpc) is 2.41. The number of anilines is 2. The molecule has 0 bridgehead atoms. The molecule has 18 heavy (non-hydrogen) atoms. The van der Waals surface area contributed by atoms with E-state index in [0.29, 0.717) is 0 Å². The van der Waals surface area contributed by atoms with Gasteiger partial charge in [-0.15, -0.1) is 0 Å². The number of rotatable bonds is 2. The van der Waals surface area contributed by atoms with Gasteiger partial charge in [-0.1, -0.05) is 30.3 Å². The molecule has 0 saturated heterocycles. The Hall–Kier alpha value is -2.42. The van der Waals surface area contributed by atoms with E-state index in [1.807, 2.05) is 42.5 Å². The summed E-state index contributed by atoms with van der Waals surface area (Å²) in [4.78, 5) is 8.65. The van der Waals surface area contributed by atoms with E-state index in [9.17, 15) is 0 Å². The molecular formula is C15H13N3.